The van der Waals surface area contributed by atoms with Crippen molar-refractivity contribution in [1.82, 2.24) is 4.90 Å². The molecule has 4 nitrogen and oxygen atoms in total. The van der Waals surface area contributed by atoms with E-state index in [4.69, 9.17) is 10.5 Å². The molecule has 2 aliphatic heterocycles. The first kappa shape index (κ1) is 9.93. The second kappa shape index (κ2) is 3.51. The molecule has 0 aromatic rings. The molecule has 14 heavy (non-hydrogen) atoms. The first-order valence-corrected chi connectivity index (χ1v) is 5.25. The van der Waals surface area contributed by atoms with Gasteiger partial charge in [-0.2, -0.15) is 0 Å². The smallest absolute Gasteiger partial charge is 0.239 e. The maximum absolute atomic E-state index is 11.6. The minimum absolute atomic E-state index is 0.0834. The number of ether oxygens (including phenoxy) is 1. The number of carbonyl (C=O) groups is 1. The van der Waals surface area contributed by atoms with Gasteiger partial charge < -0.3 is 15.4 Å². The number of nitrogens with zero attached hydrogens (tertiary/aromatic N) is 1. The molecule has 2 saturated heterocycles. The molecule has 0 aromatic heterocycles. The Hall–Kier alpha value is -0.610. The quantitative estimate of drug-likeness (QED) is 0.644. The summed E-state index contributed by atoms with van der Waals surface area (Å²) in [6.45, 7) is 5.22. The molecule has 2 fully saturated rings. The molecule has 80 valence electrons. The van der Waals surface area contributed by atoms with Crippen molar-refractivity contribution < 1.29 is 9.53 Å². The summed E-state index contributed by atoms with van der Waals surface area (Å²) in [7, 11) is 0. The summed E-state index contributed by atoms with van der Waals surface area (Å²) < 4.78 is 5.23. The van der Waals surface area contributed by atoms with Crippen molar-refractivity contribution in [2.45, 2.75) is 25.8 Å². The van der Waals surface area contributed by atoms with E-state index in [9.17, 15) is 4.79 Å². The third-order valence-corrected chi connectivity index (χ3v) is 3.34. The second-order valence-electron chi connectivity index (χ2n) is 4.61. The standard InChI is InChI=1S/C10H18N2O2/c1-8(11)9(13)12-4-2-10(3-5-12)6-14-7-10/h8H,2-7,11H2,1H3. The molecule has 0 saturated carbocycles. The van der Waals surface area contributed by atoms with Gasteiger partial charge in [-0.25, -0.2) is 0 Å². The van der Waals surface area contributed by atoms with Crippen LogP contribution in [0.15, 0.2) is 0 Å². The summed E-state index contributed by atoms with van der Waals surface area (Å²) in [5.74, 6) is 0.0834. The zero-order chi connectivity index (χ0) is 10.2. The highest BCUT2D eigenvalue weighted by molar-refractivity contribution is 5.81. The molecule has 2 N–H and O–H groups in total. The average Bonchev–Trinajstić information content (AvgIpc) is 2.14. The highest BCUT2D eigenvalue weighted by Gasteiger charge is 2.42. The van der Waals surface area contributed by atoms with Crippen LogP contribution in [0.1, 0.15) is 19.8 Å². The summed E-state index contributed by atoms with van der Waals surface area (Å²) in [5.41, 5.74) is 5.96. The molecule has 1 unspecified atom stereocenters. The Bertz CT molecular complexity index is 226. The van der Waals surface area contributed by atoms with Crippen LogP contribution >= 0.6 is 0 Å². The number of carbonyl (C=O) groups excluding carboxylic acids is 1. The molecule has 1 atom stereocenters. The van der Waals surface area contributed by atoms with Crippen LogP contribution in [0.4, 0.5) is 0 Å². The molecule has 2 rings (SSSR count). The second-order valence-corrected chi connectivity index (χ2v) is 4.61. The van der Waals surface area contributed by atoms with Crippen molar-refractivity contribution in [1.29, 1.82) is 0 Å². The first-order valence-electron chi connectivity index (χ1n) is 5.25. The van der Waals surface area contributed by atoms with Crippen LogP contribution in [0.5, 0.6) is 0 Å². The van der Waals surface area contributed by atoms with Crippen molar-refractivity contribution in [2.75, 3.05) is 26.3 Å². The lowest BCUT2D eigenvalue weighted by molar-refractivity contribution is -0.153. The van der Waals surface area contributed by atoms with Crippen LogP contribution in [0.25, 0.3) is 0 Å². The van der Waals surface area contributed by atoms with Crippen molar-refractivity contribution in [3.63, 3.8) is 0 Å². The first-order chi connectivity index (χ1) is 6.63. The zero-order valence-electron chi connectivity index (χ0n) is 8.66. The number of amides is 1. The minimum Gasteiger partial charge on any atom is -0.380 e. The zero-order valence-corrected chi connectivity index (χ0v) is 8.66. The van der Waals surface area contributed by atoms with E-state index in [0.29, 0.717) is 5.41 Å². The van der Waals surface area contributed by atoms with E-state index in [1.165, 1.54) is 0 Å². The Morgan fingerprint density at radius 3 is 2.36 bits per heavy atom. The summed E-state index contributed by atoms with van der Waals surface area (Å²) >= 11 is 0. The number of hydrogen-bond acceptors (Lipinski definition) is 3. The summed E-state index contributed by atoms with van der Waals surface area (Å²) in [4.78, 5) is 13.5. The molecule has 1 spiro atoms. The molecule has 0 aliphatic carbocycles. The number of hydrogen-bond donors (Lipinski definition) is 1. The maximum Gasteiger partial charge on any atom is 0.239 e. The lowest BCUT2D eigenvalue weighted by Gasteiger charge is -2.47. The summed E-state index contributed by atoms with van der Waals surface area (Å²) in [5, 5.41) is 0. The average molecular weight is 198 g/mol. The Morgan fingerprint density at radius 2 is 2.00 bits per heavy atom. The summed E-state index contributed by atoms with van der Waals surface area (Å²) in [6, 6.07) is -0.360. The van der Waals surface area contributed by atoms with Gasteiger partial charge in [0.2, 0.25) is 5.91 Å². The third-order valence-electron chi connectivity index (χ3n) is 3.34. The van der Waals surface area contributed by atoms with Crippen LogP contribution < -0.4 is 5.73 Å². The van der Waals surface area contributed by atoms with Gasteiger partial charge in [-0.15, -0.1) is 0 Å². The molecule has 1 amide bonds. The van der Waals surface area contributed by atoms with Gasteiger partial charge >= 0.3 is 0 Å². The van der Waals surface area contributed by atoms with E-state index < -0.39 is 0 Å². The van der Waals surface area contributed by atoms with Gasteiger partial charge in [0.05, 0.1) is 19.3 Å². The summed E-state index contributed by atoms with van der Waals surface area (Å²) in [6.07, 6.45) is 2.15. The van der Waals surface area contributed by atoms with Gasteiger partial charge in [0.15, 0.2) is 0 Å². The molecular formula is C10H18N2O2. The van der Waals surface area contributed by atoms with E-state index in [1.54, 1.807) is 6.92 Å². The lowest BCUT2D eigenvalue weighted by Crippen LogP contribution is -2.54. The van der Waals surface area contributed by atoms with Crippen LogP contribution in [-0.4, -0.2) is 43.2 Å². The van der Waals surface area contributed by atoms with E-state index in [2.05, 4.69) is 0 Å². The molecule has 0 aromatic carbocycles. The fourth-order valence-electron chi connectivity index (χ4n) is 2.17. The fraction of sp³-hybridized carbons (Fsp3) is 0.900. The Balaban J connectivity index is 1.86. The molecular weight excluding hydrogens is 180 g/mol. The van der Waals surface area contributed by atoms with Crippen LogP contribution in [0.2, 0.25) is 0 Å². The van der Waals surface area contributed by atoms with E-state index >= 15 is 0 Å². The van der Waals surface area contributed by atoms with Gasteiger partial charge in [0.25, 0.3) is 0 Å². The molecule has 2 heterocycles. The number of nitrogens with two attached hydrogens (primary N) is 1. The highest BCUT2D eigenvalue weighted by atomic mass is 16.5. The maximum atomic E-state index is 11.6. The van der Waals surface area contributed by atoms with Crippen molar-refractivity contribution in [3.8, 4) is 0 Å². The predicted molar refractivity (Wildman–Crippen MR) is 52.7 cm³/mol. The predicted octanol–water partition coefficient (Wildman–Crippen LogP) is -0.0274. The fourth-order valence-corrected chi connectivity index (χ4v) is 2.17. The largest absolute Gasteiger partial charge is 0.380 e. The molecule has 0 bridgehead atoms. The highest BCUT2D eigenvalue weighted by Crippen LogP contribution is 2.38. The van der Waals surface area contributed by atoms with Crippen molar-refractivity contribution >= 4 is 5.91 Å². The van der Waals surface area contributed by atoms with Gasteiger partial charge in [-0.3, -0.25) is 4.79 Å². The van der Waals surface area contributed by atoms with Crippen LogP contribution in [-0.2, 0) is 9.53 Å². The Morgan fingerprint density at radius 1 is 1.43 bits per heavy atom. The molecule has 0 radical (unpaired) electrons. The van der Waals surface area contributed by atoms with E-state index in [1.807, 2.05) is 4.90 Å². The normalized spacial score (nSPS) is 27.1. The monoisotopic (exact) mass is 198 g/mol. The number of rotatable bonds is 1. The Kier molecular flexibility index (Phi) is 2.49. The van der Waals surface area contributed by atoms with Gasteiger partial charge in [-0.1, -0.05) is 0 Å². The number of piperidine rings is 1. The van der Waals surface area contributed by atoms with Gasteiger partial charge in [0, 0.05) is 18.5 Å². The van der Waals surface area contributed by atoms with Crippen molar-refractivity contribution in [3.05, 3.63) is 0 Å². The molecule has 2 aliphatic rings. The SMILES string of the molecule is CC(N)C(=O)N1CCC2(CC1)COC2. The van der Waals surface area contributed by atoms with Crippen molar-refractivity contribution in [2.24, 2.45) is 11.1 Å². The third kappa shape index (κ3) is 1.64. The van der Waals surface area contributed by atoms with Crippen LogP contribution in [0.3, 0.4) is 0 Å². The number of likely N-dealkylation sites (tertiary alicyclic amines) is 1. The lowest BCUT2D eigenvalue weighted by atomic mass is 9.77. The topological polar surface area (TPSA) is 55.6 Å². The molecule has 4 heteroatoms. The minimum atomic E-state index is -0.360. The van der Waals surface area contributed by atoms with E-state index in [-0.39, 0.29) is 11.9 Å². The Labute approximate surface area is 84.4 Å². The van der Waals surface area contributed by atoms with Crippen LogP contribution in [0, 0.1) is 5.41 Å². The van der Waals surface area contributed by atoms with Gasteiger partial charge in [-0.05, 0) is 19.8 Å². The van der Waals surface area contributed by atoms with E-state index in [0.717, 1.165) is 39.1 Å². The van der Waals surface area contributed by atoms with Gasteiger partial charge in [0.1, 0.15) is 0 Å².